The summed E-state index contributed by atoms with van der Waals surface area (Å²) in [6.07, 6.45) is -7.17. The van der Waals surface area contributed by atoms with E-state index in [4.69, 9.17) is 27.9 Å². The van der Waals surface area contributed by atoms with Crippen LogP contribution in [0.2, 0.25) is 10.0 Å². The number of aliphatic hydroxyl groups excluding tert-OH is 1. The molecule has 2 heterocycles. The summed E-state index contributed by atoms with van der Waals surface area (Å²) < 4.78 is 45.4. The van der Waals surface area contributed by atoms with Gasteiger partial charge in [0.2, 0.25) is 0 Å². The molecule has 3 aromatic rings. The third-order valence-corrected chi connectivity index (χ3v) is 9.38. The molecule has 2 aliphatic rings. The highest BCUT2D eigenvalue weighted by atomic mass is 35.5. The van der Waals surface area contributed by atoms with Gasteiger partial charge in [-0.2, -0.15) is 13.2 Å². The molecule has 0 bridgehead atoms. The molecule has 5 rings (SSSR count). The second-order valence-electron chi connectivity index (χ2n) is 13.1. The van der Waals surface area contributed by atoms with Crippen molar-refractivity contribution >= 4 is 41.5 Å². The molecule has 13 heteroatoms. The maximum absolute atomic E-state index is 15.0. The number of nitrogens with one attached hydrogen (secondary N) is 2. The van der Waals surface area contributed by atoms with E-state index in [0.717, 1.165) is 16.7 Å². The Morgan fingerprint density at radius 2 is 1.42 bits per heavy atom. The van der Waals surface area contributed by atoms with Crippen LogP contribution in [0.3, 0.4) is 0 Å². The molecule has 0 aliphatic carbocycles. The molecule has 2 saturated heterocycles. The number of alkyl halides is 3. The number of benzene rings is 3. The zero-order valence-corrected chi connectivity index (χ0v) is 29.6. The predicted molar refractivity (Wildman–Crippen MR) is 185 cm³/mol. The lowest BCUT2D eigenvalue weighted by Crippen LogP contribution is -2.62. The number of hydrogen-bond acceptors (Lipinski definition) is 6. The van der Waals surface area contributed by atoms with Gasteiger partial charge >= 0.3 is 6.18 Å². The van der Waals surface area contributed by atoms with E-state index in [2.05, 4.69) is 31.4 Å². The first-order chi connectivity index (χ1) is 22.1. The zero-order chi connectivity index (χ0) is 34.1. The van der Waals surface area contributed by atoms with Gasteiger partial charge in [-0.1, -0.05) is 80.4 Å². The van der Waals surface area contributed by atoms with Crippen molar-refractivity contribution in [3.05, 3.63) is 99.0 Å². The Bertz CT molecular complexity index is 1490. The monoisotopic (exact) mass is 728 g/mol. The van der Waals surface area contributed by atoms with Crippen molar-refractivity contribution in [3.63, 3.8) is 0 Å². The van der Waals surface area contributed by atoms with Gasteiger partial charge in [0, 0.05) is 48.3 Å². The van der Waals surface area contributed by atoms with Gasteiger partial charge in [0.25, 0.3) is 5.91 Å². The average molecular weight is 730 g/mol. The van der Waals surface area contributed by atoms with E-state index in [1.54, 1.807) is 29.2 Å². The molecule has 2 unspecified atom stereocenters. The first-order valence-corrected chi connectivity index (χ1v) is 16.5. The van der Waals surface area contributed by atoms with Crippen LogP contribution in [-0.2, 0) is 15.9 Å². The number of hydrogen-bond donors (Lipinski definition) is 3. The molecule has 48 heavy (non-hydrogen) atoms. The van der Waals surface area contributed by atoms with Crippen molar-refractivity contribution in [1.29, 1.82) is 0 Å². The maximum Gasteiger partial charge on any atom is 0.415 e. The second kappa shape index (κ2) is 15.1. The summed E-state index contributed by atoms with van der Waals surface area (Å²) in [5.74, 6) is 0.264. The Morgan fingerprint density at radius 3 is 1.85 bits per heavy atom. The smallest absolute Gasteiger partial charge is 0.415 e. The lowest BCUT2D eigenvalue weighted by Gasteiger charge is -2.41. The predicted octanol–water partition coefficient (Wildman–Crippen LogP) is 7.01. The number of aliphatic hydroxyl groups is 1. The van der Waals surface area contributed by atoms with Gasteiger partial charge in [0.05, 0.1) is 18.7 Å². The Hall–Kier alpha value is -2.57. The van der Waals surface area contributed by atoms with Crippen LogP contribution in [0.25, 0.3) is 0 Å². The van der Waals surface area contributed by atoms with Crippen LogP contribution >= 0.6 is 35.6 Å². The highest BCUT2D eigenvalue weighted by Crippen LogP contribution is 2.45. The maximum atomic E-state index is 15.0. The number of piperazine rings is 1. The Balaban J connectivity index is 0.00000520. The van der Waals surface area contributed by atoms with Crippen LogP contribution in [-0.4, -0.2) is 72.4 Å². The first-order valence-electron chi connectivity index (χ1n) is 15.7. The summed E-state index contributed by atoms with van der Waals surface area (Å²) in [7, 11) is 0. The third kappa shape index (κ3) is 8.24. The van der Waals surface area contributed by atoms with Gasteiger partial charge in [-0.05, 0) is 59.4 Å². The van der Waals surface area contributed by atoms with Gasteiger partial charge in [0.1, 0.15) is 5.75 Å². The molecular formula is C35H42Cl3F3N4O3. The number of carbonyl (C=O) groups excluding carboxylic acids is 1. The summed E-state index contributed by atoms with van der Waals surface area (Å²) in [6, 6.07) is 20.0. The van der Waals surface area contributed by atoms with Gasteiger partial charge in [-0.25, -0.2) is 0 Å². The average Bonchev–Trinajstić information content (AvgIpc) is 3.43. The van der Waals surface area contributed by atoms with Gasteiger partial charge < -0.3 is 14.7 Å². The summed E-state index contributed by atoms with van der Waals surface area (Å²) in [6.45, 7) is 8.73. The molecule has 4 atom stereocenters. The molecule has 2 aliphatic heterocycles. The van der Waals surface area contributed by atoms with Gasteiger partial charge in [-0.15, -0.1) is 12.4 Å². The molecule has 7 nitrogen and oxygen atoms in total. The van der Waals surface area contributed by atoms with E-state index in [-0.39, 0.29) is 49.9 Å². The summed E-state index contributed by atoms with van der Waals surface area (Å²) in [4.78, 5) is 18.2. The normalized spacial score (nSPS) is 22.7. The van der Waals surface area contributed by atoms with E-state index >= 15 is 0 Å². The largest absolute Gasteiger partial charge is 0.493 e. The van der Waals surface area contributed by atoms with Crippen LogP contribution in [0.4, 0.5) is 13.2 Å². The molecule has 3 N–H and O–H groups in total. The van der Waals surface area contributed by atoms with Crippen molar-refractivity contribution in [3.8, 4) is 5.75 Å². The number of β-amino-alcohol motifs (C(OH)–C–C–N with tert-alkyl or cyclic N) is 1. The van der Waals surface area contributed by atoms with Crippen LogP contribution < -0.4 is 15.4 Å². The highest BCUT2D eigenvalue weighted by molar-refractivity contribution is 6.30. The zero-order valence-electron chi connectivity index (χ0n) is 27.3. The number of rotatable bonds is 8. The highest BCUT2D eigenvalue weighted by Gasteiger charge is 2.54. The van der Waals surface area contributed by atoms with Crippen LogP contribution in [0.5, 0.6) is 5.75 Å². The first kappa shape index (κ1) is 38.2. The second-order valence-corrected chi connectivity index (χ2v) is 14.0. The van der Waals surface area contributed by atoms with Gasteiger partial charge in [-0.3, -0.25) is 20.3 Å². The number of nitrogens with zero attached hydrogens (tertiary/aromatic N) is 2. The summed E-state index contributed by atoms with van der Waals surface area (Å²) in [5.41, 5.74) is 1.75. The fraction of sp³-hybridized carbons (Fsp3) is 0.457. The van der Waals surface area contributed by atoms with E-state index in [0.29, 0.717) is 28.0 Å². The van der Waals surface area contributed by atoms with E-state index < -0.39 is 36.6 Å². The molecular weight excluding hydrogens is 688 g/mol. The Labute approximate surface area is 296 Å². The molecule has 0 aromatic heterocycles. The quantitative estimate of drug-likeness (QED) is 0.232. The van der Waals surface area contributed by atoms with E-state index in [9.17, 15) is 23.1 Å². The fourth-order valence-electron chi connectivity index (χ4n) is 6.25. The fourth-order valence-corrected chi connectivity index (χ4v) is 6.51. The minimum Gasteiger partial charge on any atom is -0.493 e. The lowest BCUT2D eigenvalue weighted by molar-refractivity contribution is -0.209. The van der Waals surface area contributed by atoms with Crippen LogP contribution in [0.15, 0.2) is 66.7 Å². The third-order valence-electron chi connectivity index (χ3n) is 8.88. The molecule has 0 spiro atoms. The van der Waals surface area contributed by atoms with Crippen molar-refractivity contribution in [2.24, 2.45) is 0 Å². The number of carbonyl (C=O) groups is 1. The van der Waals surface area contributed by atoms with Crippen molar-refractivity contribution in [2.75, 3.05) is 39.3 Å². The molecule has 0 saturated carbocycles. The minimum absolute atomic E-state index is 0. The summed E-state index contributed by atoms with van der Waals surface area (Å²) in [5, 5.41) is 18.2. The minimum atomic E-state index is -4.71. The summed E-state index contributed by atoms with van der Waals surface area (Å²) >= 11 is 12.5. The topological polar surface area (TPSA) is 77.1 Å². The number of halogens is 6. The van der Waals surface area contributed by atoms with Crippen LogP contribution in [0.1, 0.15) is 62.0 Å². The Morgan fingerprint density at radius 1 is 0.917 bits per heavy atom. The molecule has 1 amide bonds. The van der Waals surface area contributed by atoms with Gasteiger partial charge in [0.15, 0.2) is 11.8 Å². The number of ether oxygens (including phenoxy) is 1. The molecule has 3 aromatic carbocycles. The SMILES string of the molecule is CCOc1cc(C(C)(C)C)ccc1C1(C(=O)N2CCN(CC(O)C(F)(F)F)CC2)N[C@H](c2ccc(Cl)cc2)[C@H](c2ccc(Cl)cc2)N1.Cl. The molecule has 262 valence electrons. The molecule has 2 fully saturated rings. The molecule has 0 radical (unpaired) electrons. The van der Waals surface area contributed by atoms with Crippen molar-refractivity contribution in [1.82, 2.24) is 20.4 Å². The number of amides is 1. The Kier molecular flexibility index (Phi) is 12.0. The standard InChI is InChI=1S/C35H41Cl2F3N4O3.ClH/c1-5-47-28-20-24(33(2,3)4)10-15-27(28)34(32(46)44-18-16-43(17-19-44)21-29(45)35(38,39)40)41-30(22-6-11-25(36)12-7-22)31(42-34)23-8-13-26(37)14-9-23;/h6-15,20,29-31,41-42,45H,5,16-19,21H2,1-4H3;1H/t29?,30-,31+,34?;. The lowest BCUT2D eigenvalue weighted by atomic mass is 9.84. The van der Waals surface area contributed by atoms with E-state index in [1.807, 2.05) is 49.4 Å². The van der Waals surface area contributed by atoms with Crippen molar-refractivity contribution in [2.45, 2.75) is 63.1 Å². The van der Waals surface area contributed by atoms with E-state index in [1.165, 1.54) is 4.90 Å². The van der Waals surface area contributed by atoms with Crippen LogP contribution in [0, 0.1) is 0 Å². The van der Waals surface area contributed by atoms with Crippen molar-refractivity contribution < 1.29 is 27.8 Å².